The standard InChI is InChI=1S/C33H28NP/c1-32(2)23-12-6-9-15-29(23)35-30-16-10-7-13-24(30)33(3,4)26-20-22(19-25(32)31(26)35)28-18-17-21-11-5-8-14-27(21)34-28/h5-20H,1-4H3. The molecule has 0 saturated carbocycles. The highest BCUT2D eigenvalue weighted by Gasteiger charge is 2.46. The summed E-state index contributed by atoms with van der Waals surface area (Å²) in [6, 6.07) is 36.0. The summed E-state index contributed by atoms with van der Waals surface area (Å²) < 4.78 is 0. The predicted octanol–water partition coefficient (Wildman–Crippen LogP) is 6.94. The van der Waals surface area contributed by atoms with Crippen LogP contribution in [0.15, 0.2) is 97.1 Å². The zero-order chi connectivity index (χ0) is 23.9. The molecule has 2 heteroatoms. The number of hydrogen-bond acceptors (Lipinski definition) is 1. The van der Waals surface area contributed by atoms with Crippen LogP contribution in [0, 0.1) is 0 Å². The van der Waals surface area contributed by atoms with Crippen LogP contribution >= 0.6 is 7.92 Å². The van der Waals surface area contributed by atoms with Crippen LogP contribution in [0.5, 0.6) is 0 Å². The molecule has 3 heterocycles. The normalized spacial score (nSPS) is 16.9. The maximum atomic E-state index is 5.10. The van der Waals surface area contributed by atoms with E-state index in [4.69, 9.17) is 4.98 Å². The van der Waals surface area contributed by atoms with Crippen molar-refractivity contribution < 1.29 is 0 Å². The molecular formula is C33H28NP. The van der Waals surface area contributed by atoms with Gasteiger partial charge in [0, 0.05) is 21.8 Å². The molecule has 0 spiro atoms. The number of pyridine rings is 1. The second-order valence-electron chi connectivity index (χ2n) is 10.9. The minimum atomic E-state index is -0.598. The summed E-state index contributed by atoms with van der Waals surface area (Å²) in [5, 5.41) is 5.78. The Kier molecular flexibility index (Phi) is 4.28. The highest BCUT2D eigenvalue weighted by atomic mass is 31.1. The lowest BCUT2D eigenvalue weighted by Crippen LogP contribution is -2.48. The number of aromatic nitrogens is 1. The molecule has 0 atom stereocenters. The summed E-state index contributed by atoms with van der Waals surface area (Å²) >= 11 is 0. The third kappa shape index (κ3) is 2.82. The molecule has 0 aliphatic carbocycles. The van der Waals surface area contributed by atoms with Gasteiger partial charge in [-0.2, -0.15) is 0 Å². The number of benzene rings is 4. The second kappa shape index (κ2) is 7.12. The molecule has 1 aromatic heterocycles. The Labute approximate surface area is 208 Å². The van der Waals surface area contributed by atoms with Crippen LogP contribution in [0.4, 0.5) is 0 Å². The van der Waals surface area contributed by atoms with Gasteiger partial charge in [0.05, 0.1) is 11.2 Å². The van der Waals surface area contributed by atoms with Crippen molar-refractivity contribution in [3.05, 3.63) is 119 Å². The fourth-order valence-corrected chi connectivity index (χ4v) is 9.83. The van der Waals surface area contributed by atoms with Crippen LogP contribution in [0.3, 0.4) is 0 Å². The van der Waals surface area contributed by atoms with Gasteiger partial charge < -0.3 is 0 Å². The number of hydrogen-bond donors (Lipinski definition) is 0. The molecule has 0 saturated heterocycles. The van der Waals surface area contributed by atoms with Gasteiger partial charge in [0.15, 0.2) is 0 Å². The summed E-state index contributed by atoms with van der Waals surface area (Å²) in [6.07, 6.45) is 0. The van der Waals surface area contributed by atoms with E-state index in [2.05, 4.69) is 125 Å². The molecule has 0 bridgehead atoms. The molecule has 7 rings (SSSR count). The van der Waals surface area contributed by atoms with Gasteiger partial charge in [-0.3, -0.25) is 0 Å². The molecular weight excluding hydrogens is 441 g/mol. The molecule has 0 unspecified atom stereocenters. The maximum Gasteiger partial charge on any atom is 0.0709 e. The molecule has 0 fully saturated rings. The largest absolute Gasteiger partial charge is 0.248 e. The summed E-state index contributed by atoms with van der Waals surface area (Å²) in [5.74, 6) is 0. The Balaban J connectivity index is 1.58. The van der Waals surface area contributed by atoms with Gasteiger partial charge in [-0.25, -0.2) is 4.98 Å². The zero-order valence-corrected chi connectivity index (χ0v) is 21.5. The van der Waals surface area contributed by atoms with E-state index in [0.29, 0.717) is 0 Å². The Morgan fingerprint density at radius 3 is 1.74 bits per heavy atom. The zero-order valence-electron chi connectivity index (χ0n) is 20.6. The molecule has 0 amide bonds. The second-order valence-corrected chi connectivity index (χ2v) is 13.0. The SMILES string of the molecule is CC1(C)c2ccccc2P2c3ccccc3C(C)(C)c3cc(-c4ccc5ccccc5n4)cc1c32. The molecule has 0 radical (unpaired) electrons. The average molecular weight is 470 g/mol. The molecule has 1 nitrogen and oxygen atoms in total. The predicted molar refractivity (Wildman–Crippen MR) is 150 cm³/mol. The van der Waals surface area contributed by atoms with Gasteiger partial charge in [0.25, 0.3) is 0 Å². The maximum absolute atomic E-state index is 5.10. The van der Waals surface area contributed by atoms with Crippen LogP contribution in [0.2, 0.25) is 0 Å². The summed E-state index contributed by atoms with van der Waals surface area (Å²) in [4.78, 5) is 5.10. The Morgan fingerprint density at radius 2 is 1.11 bits per heavy atom. The molecule has 2 aliphatic heterocycles. The molecule has 2 aliphatic rings. The minimum absolute atomic E-state index is 0.0747. The smallest absolute Gasteiger partial charge is 0.0709 e. The van der Waals surface area contributed by atoms with Crippen molar-refractivity contribution in [2.75, 3.05) is 0 Å². The first-order chi connectivity index (χ1) is 16.9. The monoisotopic (exact) mass is 469 g/mol. The molecule has 35 heavy (non-hydrogen) atoms. The van der Waals surface area contributed by atoms with Gasteiger partial charge in [0.1, 0.15) is 0 Å². The summed E-state index contributed by atoms with van der Waals surface area (Å²) in [6.45, 7) is 9.61. The Bertz CT molecular complexity index is 1580. The Morgan fingerprint density at radius 1 is 0.571 bits per heavy atom. The van der Waals surface area contributed by atoms with Gasteiger partial charge in [-0.05, 0) is 70.4 Å². The first-order valence-corrected chi connectivity index (χ1v) is 13.8. The molecule has 4 aromatic carbocycles. The number of para-hydroxylation sites is 1. The third-order valence-corrected chi connectivity index (χ3v) is 10.9. The van der Waals surface area contributed by atoms with Gasteiger partial charge in [0.2, 0.25) is 0 Å². The Hall–Kier alpha value is -3.28. The van der Waals surface area contributed by atoms with E-state index >= 15 is 0 Å². The van der Waals surface area contributed by atoms with Crippen molar-refractivity contribution in [3.63, 3.8) is 0 Å². The molecule has 170 valence electrons. The van der Waals surface area contributed by atoms with Crippen LogP contribution in [0.1, 0.15) is 49.9 Å². The van der Waals surface area contributed by atoms with Crippen molar-refractivity contribution in [1.82, 2.24) is 4.98 Å². The third-order valence-electron chi connectivity index (χ3n) is 8.21. The van der Waals surface area contributed by atoms with Gasteiger partial charge >= 0.3 is 0 Å². The topological polar surface area (TPSA) is 12.9 Å². The lowest BCUT2D eigenvalue weighted by Gasteiger charge is -2.47. The quantitative estimate of drug-likeness (QED) is 0.242. The fraction of sp³-hybridized carbons (Fsp3) is 0.182. The van der Waals surface area contributed by atoms with Crippen LogP contribution in [0.25, 0.3) is 22.2 Å². The van der Waals surface area contributed by atoms with Gasteiger partial charge in [-0.1, -0.05) is 100 Å². The van der Waals surface area contributed by atoms with Crippen LogP contribution in [-0.2, 0) is 10.8 Å². The lowest BCUT2D eigenvalue weighted by molar-refractivity contribution is 0.624. The van der Waals surface area contributed by atoms with Crippen LogP contribution < -0.4 is 15.9 Å². The van der Waals surface area contributed by atoms with E-state index < -0.39 is 7.92 Å². The highest BCUT2D eigenvalue weighted by molar-refractivity contribution is 7.80. The lowest BCUT2D eigenvalue weighted by atomic mass is 9.71. The van der Waals surface area contributed by atoms with Crippen molar-refractivity contribution in [1.29, 1.82) is 0 Å². The highest BCUT2D eigenvalue weighted by Crippen LogP contribution is 2.54. The van der Waals surface area contributed by atoms with E-state index in [-0.39, 0.29) is 10.8 Å². The number of rotatable bonds is 1. The molecule has 0 N–H and O–H groups in total. The number of nitrogens with zero attached hydrogens (tertiary/aromatic N) is 1. The fourth-order valence-electron chi connectivity index (χ4n) is 6.26. The van der Waals surface area contributed by atoms with Crippen molar-refractivity contribution in [3.8, 4) is 11.3 Å². The van der Waals surface area contributed by atoms with Crippen LogP contribution in [-0.4, -0.2) is 4.98 Å². The van der Waals surface area contributed by atoms with Crippen molar-refractivity contribution in [2.24, 2.45) is 0 Å². The van der Waals surface area contributed by atoms with Crippen molar-refractivity contribution in [2.45, 2.75) is 38.5 Å². The molecule has 5 aromatic rings. The first-order valence-electron chi connectivity index (χ1n) is 12.4. The van der Waals surface area contributed by atoms with E-state index in [0.717, 1.165) is 11.2 Å². The van der Waals surface area contributed by atoms with E-state index in [1.54, 1.807) is 5.30 Å². The van der Waals surface area contributed by atoms with E-state index in [9.17, 15) is 0 Å². The average Bonchev–Trinajstić information content (AvgIpc) is 2.88. The van der Waals surface area contributed by atoms with E-state index in [1.807, 2.05) is 0 Å². The van der Waals surface area contributed by atoms with Crippen molar-refractivity contribution >= 4 is 34.7 Å². The van der Waals surface area contributed by atoms with Gasteiger partial charge in [-0.15, -0.1) is 0 Å². The number of fused-ring (bicyclic) bond motifs is 5. The first kappa shape index (κ1) is 21.0. The minimum Gasteiger partial charge on any atom is -0.248 e. The summed E-state index contributed by atoms with van der Waals surface area (Å²) in [7, 11) is -0.598. The summed E-state index contributed by atoms with van der Waals surface area (Å²) in [5.41, 5.74) is 9.03. The van der Waals surface area contributed by atoms with E-state index in [1.165, 1.54) is 43.8 Å².